The average Bonchev–Trinajstić information content (AvgIpc) is 3.19. The number of halogens is 1. The topological polar surface area (TPSA) is 26.3 Å². The van der Waals surface area contributed by atoms with Crippen LogP contribution in [-0.2, 0) is 5.41 Å². The van der Waals surface area contributed by atoms with Gasteiger partial charge in [0.2, 0.25) is 0 Å². The van der Waals surface area contributed by atoms with Gasteiger partial charge in [0.05, 0.1) is 6.61 Å². The zero-order valence-electron chi connectivity index (χ0n) is 21.5. The summed E-state index contributed by atoms with van der Waals surface area (Å²) >= 11 is 3.76. The summed E-state index contributed by atoms with van der Waals surface area (Å²) in [6, 6.07) is 34.1. The van der Waals surface area contributed by atoms with Crippen molar-refractivity contribution in [2.45, 2.75) is 18.3 Å². The van der Waals surface area contributed by atoms with Crippen LogP contribution in [0.25, 0.3) is 11.1 Å². The summed E-state index contributed by atoms with van der Waals surface area (Å²) in [5.74, 6) is 3.08. The van der Waals surface area contributed by atoms with Gasteiger partial charge in [0, 0.05) is 21.2 Å². The minimum absolute atomic E-state index is 0.149. The van der Waals surface area contributed by atoms with Gasteiger partial charge in [-0.2, -0.15) is 0 Å². The number of benzene rings is 4. The van der Waals surface area contributed by atoms with E-state index in [2.05, 4.69) is 101 Å². The molecule has 0 fully saturated rings. The molecule has 0 saturated carbocycles. The maximum Gasteiger partial charge on any atom is 0.150 e. The molecule has 0 radical (unpaired) electrons. The number of rotatable bonds is 10. The first-order chi connectivity index (χ1) is 17.9. The predicted octanol–water partition coefficient (Wildman–Crippen LogP) is 8.50. The molecule has 0 spiro atoms. The fourth-order valence-electron chi connectivity index (χ4n) is 5.64. The SMILES string of the molecule is CS(C)(CCCC1(c2ccccc2)c2ccccc2-c2ccc(Br)cc21)CCOc1ccc(C=O)cc1. The van der Waals surface area contributed by atoms with Crippen LogP contribution in [-0.4, -0.2) is 36.9 Å². The summed E-state index contributed by atoms with van der Waals surface area (Å²) in [6.45, 7) is 0.700. The van der Waals surface area contributed by atoms with Crippen LogP contribution in [0.1, 0.15) is 39.9 Å². The highest BCUT2D eigenvalue weighted by atomic mass is 79.9. The molecular weight excluding hydrogens is 540 g/mol. The third kappa shape index (κ3) is 5.28. The highest BCUT2D eigenvalue weighted by molar-refractivity contribution is 9.10. The van der Waals surface area contributed by atoms with E-state index in [1.54, 1.807) is 12.1 Å². The number of hydrogen-bond acceptors (Lipinski definition) is 2. The second-order valence-electron chi connectivity index (χ2n) is 10.3. The minimum Gasteiger partial charge on any atom is -0.493 e. The van der Waals surface area contributed by atoms with E-state index >= 15 is 0 Å². The van der Waals surface area contributed by atoms with Crippen molar-refractivity contribution in [3.63, 3.8) is 0 Å². The molecule has 0 saturated heterocycles. The smallest absolute Gasteiger partial charge is 0.150 e. The van der Waals surface area contributed by atoms with Gasteiger partial charge in [0.1, 0.15) is 12.0 Å². The molecule has 2 nitrogen and oxygen atoms in total. The number of aldehydes is 1. The number of carbonyl (C=O) groups is 1. The second kappa shape index (κ2) is 10.9. The molecule has 1 aliphatic rings. The first kappa shape index (κ1) is 25.8. The molecule has 4 aromatic carbocycles. The van der Waals surface area contributed by atoms with Crippen LogP contribution in [0, 0.1) is 0 Å². The Labute approximate surface area is 230 Å². The first-order valence-corrected chi connectivity index (χ1v) is 16.3. The van der Waals surface area contributed by atoms with Crippen molar-refractivity contribution in [2.24, 2.45) is 0 Å². The zero-order valence-corrected chi connectivity index (χ0v) is 23.9. The monoisotopic (exact) mass is 572 g/mol. The van der Waals surface area contributed by atoms with Gasteiger partial charge < -0.3 is 4.74 Å². The van der Waals surface area contributed by atoms with Crippen LogP contribution in [0.3, 0.4) is 0 Å². The Balaban J connectivity index is 1.36. The predicted molar refractivity (Wildman–Crippen MR) is 162 cm³/mol. The van der Waals surface area contributed by atoms with Crippen LogP contribution in [0.5, 0.6) is 5.75 Å². The van der Waals surface area contributed by atoms with Crippen molar-refractivity contribution < 1.29 is 9.53 Å². The van der Waals surface area contributed by atoms with Crippen LogP contribution >= 0.6 is 26.0 Å². The third-order valence-corrected chi connectivity index (χ3v) is 10.7. The van der Waals surface area contributed by atoms with E-state index in [-0.39, 0.29) is 5.41 Å². The Kier molecular flexibility index (Phi) is 7.60. The lowest BCUT2D eigenvalue weighted by molar-refractivity contribution is 0.112. The van der Waals surface area contributed by atoms with Gasteiger partial charge in [-0.25, -0.2) is 10.0 Å². The molecular formula is C33H33BrO2S. The molecule has 1 aliphatic carbocycles. The van der Waals surface area contributed by atoms with Crippen molar-refractivity contribution in [1.29, 1.82) is 0 Å². The molecule has 0 aromatic heterocycles. The first-order valence-electron chi connectivity index (χ1n) is 12.8. The van der Waals surface area contributed by atoms with Crippen LogP contribution in [0.2, 0.25) is 0 Å². The third-order valence-electron chi connectivity index (χ3n) is 7.55. The summed E-state index contributed by atoms with van der Waals surface area (Å²) in [7, 11) is -0.819. The van der Waals surface area contributed by atoms with Gasteiger partial charge in [0.15, 0.2) is 0 Å². The summed E-state index contributed by atoms with van der Waals surface area (Å²) in [6.07, 6.45) is 7.93. The number of ether oxygens (including phenoxy) is 1. The molecule has 0 bridgehead atoms. The van der Waals surface area contributed by atoms with E-state index in [0.717, 1.165) is 35.1 Å². The van der Waals surface area contributed by atoms with Gasteiger partial charge in [0.25, 0.3) is 0 Å². The standard InChI is InChI=1S/C33H33BrO2S/c1-37(2,22-20-36-28-16-13-25(24-35)14-17-28)21-8-19-33(26-9-4-3-5-10-26)31-12-7-6-11-29(31)30-18-15-27(34)23-32(30)33/h3-7,9-18,23-24H,8,19-22H2,1-2H3. The van der Waals surface area contributed by atoms with Crippen LogP contribution < -0.4 is 4.74 Å². The molecule has 190 valence electrons. The fourth-order valence-corrected chi connectivity index (χ4v) is 7.67. The van der Waals surface area contributed by atoms with Crippen molar-refractivity contribution in [3.8, 4) is 16.9 Å². The molecule has 37 heavy (non-hydrogen) atoms. The van der Waals surface area contributed by atoms with Crippen LogP contribution in [0.4, 0.5) is 0 Å². The molecule has 1 unspecified atom stereocenters. The Bertz CT molecular complexity index is 1380. The van der Waals surface area contributed by atoms with Crippen molar-refractivity contribution in [3.05, 3.63) is 124 Å². The maximum atomic E-state index is 10.9. The number of carbonyl (C=O) groups excluding carboxylic acids is 1. The molecule has 5 rings (SSSR count). The maximum absolute atomic E-state index is 10.9. The van der Waals surface area contributed by atoms with Gasteiger partial charge >= 0.3 is 0 Å². The lowest BCUT2D eigenvalue weighted by atomic mass is 9.69. The number of fused-ring (bicyclic) bond motifs is 3. The van der Waals surface area contributed by atoms with E-state index in [0.29, 0.717) is 12.2 Å². The molecule has 1 atom stereocenters. The van der Waals surface area contributed by atoms with Crippen molar-refractivity contribution >= 4 is 32.2 Å². The lowest BCUT2D eigenvalue weighted by Gasteiger charge is -2.36. The quantitative estimate of drug-likeness (QED) is 0.178. The normalized spacial score (nSPS) is 16.6. The number of hydrogen-bond donors (Lipinski definition) is 0. The fraction of sp³-hybridized carbons (Fsp3) is 0.242. The summed E-state index contributed by atoms with van der Waals surface area (Å²) in [5, 5.41) is 0. The molecule has 0 heterocycles. The Morgan fingerprint density at radius 2 is 1.51 bits per heavy atom. The minimum atomic E-state index is -0.819. The summed E-state index contributed by atoms with van der Waals surface area (Å²) in [5.41, 5.74) is 7.43. The van der Waals surface area contributed by atoms with Gasteiger partial charge in [-0.15, -0.1) is 0 Å². The largest absolute Gasteiger partial charge is 0.493 e. The highest BCUT2D eigenvalue weighted by Gasteiger charge is 2.44. The zero-order chi connectivity index (χ0) is 25.9. The second-order valence-corrected chi connectivity index (χ2v) is 15.6. The van der Waals surface area contributed by atoms with Crippen LogP contribution in [0.15, 0.2) is 102 Å². The van der Waals surface area contributed by atoms with Gasteiger partial charge in [-0.3, -0.25) is 4.79 Å². The molecule has 4 aromatic rings. The van der Waals surface area contributed by atoms with E-state index in [9.17, 15) is 4.79 Å². The average molecular weight is 574 g/mol. The van der Waals surface area contributed by atoms with E-state index < -0.39 is 10.0 Å². The van der Waals surface area contributed by atoms with E-state index in [1.807, 2.05) is 12.1 Å². The lowest BCUT2D eigenvalue weighted by Crippen LogP contribution is -2.28. The Hall–Kier alpha value is -2.82. The van der Waals surface area contributed by atoms with Crippen molar-refractivity contribution in [1.82, 2.24) is 0 Å². The molecule has 0 N–H and O–H groups in total. The van der Waals surface area contributed by atoms with Gasteiger partial charge in [-0.05, 0) is 95.3 Å². The Morgan fingerprint density at radius 3 is 2.27 bits per heavy atom. The summed E-state index contributed by atoms with van der Waals surface area (Å²) in [4.78, 5) is 10.9. The molecule has 4 heteroatoms. The Morgan fingerprint density at radius 1 is 0.811 bits per heavy atom. The molecule has 0 aliphatic heterocycles. The van der Waals surface area contributed by atoms with Gasteiger partial charge in [-0.1, -0.05) is 76.6 Å². The molecule has 0 amide bonds. The van der Waals surface area contributed by atoms with E-state index in [4.69, 9.17) is 4.74 Å². The summed E-state index contributed by atoms with van der Waals surface area (Å²) < 4.78 is 7.14. The van der Waals surface area contributed by atoms with E-state index in [1.165, 1.54) is 33.6 Å². The highest BCUT2D eigenvalue weighted by Crippen LogP contribution is 2.56. The van der Waals surface area contributed by atoms with Crippen molar-refractivity contribution in [2.75, 3.05) is 30.6 Å².